The molecule has 1 aliphatic heterocycles. The number of halogens is 1. The van der Waals surface area contributed by atoms with Gasteiger partial charge in [-0.1, -0.05) is 35.9 Å². The lowest BCUT2D eigenvalue weighted by Gasteiger charge is -2.37. The topological polar surface area (TPSA) is 66.5 Å². The second kappa shape index (κ2) is 6.29. The maximum atomic E-state index is 13.3. The van der Waals surface area contributed by atoms with E-state index in [1.807, 2.05) is 0 Å². The van der Waals surface area contributed by atoms with Gasteiger partial charge in [-0.3, -0.25) is 14.4 Å². The molecule has 7 rings (SSSR count). The first kappa shape index (κ1) is 17.9. The Morgan fingerprint density at radius 2 is 1.60 bits per heavy atom. The minimum Gasteiger partial charge on any atom is -0.322 e. The Morgan fingerprint density at radius 3 is 2.27 bits per heavy atom. The summed E-state index contributed by atoms with van der Waals surface area (Å²) >= 11 is 5.98. The highest BCUT2D eigenvalue weighted by atomic mass is 35.5. The maximum absolute atomic E-state index is 13.3. The van der Waals surface area contributed by atoms with E-state index in [1.165, 1.54) is 4.90 Å². The van der Waals surface area contributed by atoms with Gasteiger partial charge in [0.2, 0.25) is 11.8 Å². The lowest BCUT2D eigenvalue weighted by molar-refractivity contribution is -0.124. The van der Waals surface area contributed by atoms with Crippen LogP contribution in [0.4, 0.5) is 11.4 Å². The van der Waals surface area contributed by atoms with Crippen molar-refractivity contribution in [1.82, 2.24) is 0 Å². The molecule has 1 N–H and O–H groups in total. The molecule has 2 bridgehead atoms. The summed E-state index contributed by atoms with van der Waals surface area (Å²) in [7, 11) is 0. The molecule has 1 saturated heterocycles. The fourth-order valence-corrected chi connectivity index (χ4v) is 5.96. The van der Waals surface area contributed by atoms with Gasteiger partial charge in [-0.15, -0.1) is 0 Å². The first-order valence-electron chi connectivity index (χ1n) is 10.3. The molecule has 2 aromatic rings. The molecule has 2 saturated carbocycles. The molecule has 0 radical (unpaired) electrons. The average molecular weight is 419 g/mol. The Morgan fingerprint density at radius 1 is 0.933 bits per heavy atom. The molecule has 2 aromatic carbocycles. The van der Waals surface area contributed by atoms with Crippen molar-refractivity contribution in [3.8, 4) is 0 Å². The molecule has 3 fully saturated rings. The van der Waals surface area contributed by atoms with Crippen LogP contribution in [0.15, 0.2) is 60.7 Å². The van der Waals surface area contributed by atoms with E-state index in [9.17, 15) is 14.4 Å². The van der Waals surface area contributed by atoms with E-state index in [2.05, 4.69) is 17.5 Å². The summed E-state index contributed by atoms with van der Waals surface area (Å²) in [6.07, 6.45) is 5.45. The fraction of sp³-hybridized carbons (Fsp3) is 0.292. The molecule has 0 spiro atoms. The van der Waals surface area contributed by atoms with Gasteiger partial charge in [0.15, 0.2) is 0 Å². The summed E-state index contributed by atoms with van der Waals surface area (Å²) in [5, 5.41) is 3.33. The van der Waals surface area contributed by atoms with Crippen LogP contribution in [0.2, 0.25) is 5.02 Å². The van der Waals surface area contributed by atoms with Crippen molar-refractivity contribution < 1.29 is 14.4 Å². The molecule has 5 aliphatic rings. The molecule has 5 nitrogen and oxygen atoms in total. The summed E-state index contributed by atoms with van der Waals surface area (Å²) < 4.78 is 0. The molecular weight excluding hydrogens is 400 g/mol. The number of carbonyl (C=O) groups is 3. The number of benzene rings is 2. The number of carbonyl (C=O) groups excluding carboxylic acids is 3. The molecule has 0 aromatic heterocycles. The van der Waals surface area contributed by atoms with E-state index in [-0.39, 0.29) is 41.4 Å². The van der Waals surface area contributed by atoms with Crippen molar-refractivity contribution >= 4 is 40.7 Å². The zero-order chi connectivity index (χ0) is 20.6. The summed E-state index contributed by atoms with van der Waals surface area (Å²) in [5.41, 5.74) is 1.43. The van der Waals surface area contributed by atoms with Gasteiger partial charge in [0.1, 0.15) is 0 Å². The van der Waals surface area contributed by atoms with Gasteiger partial charge in [-0.25, -0.2) is 4.90 Å². The molecule has 3 amide bonds. The van der Waals surface area contributed by atoms with Crippen LogP contribution in [-0.4, -0.2) is 17.7 Å². The molecule has 1 heterocycles. The summed E-state index contributed by atoms with van der Waals surface area (Å²) in [5.74, 6) is 0.422. The number of amides is 3. The number of nitrogens with one attached hydrogen (secondary N) is 1. The summed E-state index contributed by atoms with van der Waals surface area (Å²) in [4.78, 5) is 40.6. The number of anilines is 2. The van der Waals surface area contributed by atoms with Crippen molar-refractivity contribution in [3.05, 3.63) is 71.3 Å². The lowest BCUT2D eigenvalue weighted by Crippen LogP contribution is -2.40. The van der Waals surface area contributed by atoms with Gasteiger partial charge in [0, 0.05) is 16.3 Å². The minimum absolute atomic E-state index is 0.123. The Kier molecular flexibility index (Phi) is 3.75. The zero-order valence-corrected chi connectivity index (χ0v) is 16.8. The lowest BCUT2D eigenvalue weighted by atomic mass is 9.63. The monoisotopic (exact) mass is 418 g/mol. The average Bonchev–Trinajstić information content (AvgIpc) is 3.52. The minimum atomic E-state index is -0.321. The first-order valence-corrected chi connectivity index (χ1v) is 10.6. The van der Waals surface area contributed by atoms with E-state index < -0.39 is 0 Å². The molecule has 6 unspecified atom stereocenters. The van der Waals surface area contributed by atoms with Crippen LogP contribution >= 0.6 is 11.6 Å². The van der Waals surface area contributed by atoms with Crippen molar-refractivity contribution in [2.45, 2.75) is 6.42 Å². The van der Waals surface area contributed by atoms with E-state index >= 15 is 0 Å². The van der Waals surface area contributed by atoms with Gasteiger partial charge in [0.25, 0.3) is 5.91 Å². The first-order chi connectivity index (χ1) is 14.5. The quantitative estimate of drug-likeness (QED) is 0.601. The van der Waals surface area contributed by atoms with Crippen molar-refractivity contribution in [3.63, 3.8) is 0 Å². The zero-order valence-electron chi connectivity index (χ0n) is 16.0. The molecule has 6 heteroatoms. The fourth-order valence-electron chi connectivity index (χ4n) is 5.77. The van der Waals surface area contributed by atoms with Crippen molar-refractivity contribution in [2.75, 3.05) is 10.2 Å². The van der Waals surface area contributed by atoms with E-state index in [1.54, 1.807) is 48.5 Å². The molecule has 6 atom stereocenters. The number of hydrogen-bond donors (Lipinski definition) is 1. The van der Waals surface area contributed by atoms with E-state index in [0.717, 1.165) is 6.42 Å². The van der Waals surface area contributed by atoms with Crippen LogP contribution in [-0.2, 0) is 9.59 Å². The second-order valence-corrected chi connectivity index (χ2v) is 9.12. The van der Waals surface area contributed by atoms with Crippen LogP contribution in [0.25, 0.3) is 0 Å². The number of nitrogens with zero attached hydrogens (tertiary/aromatic N) is 1. The van der Waals surface area contributed by atoms with Crippen LogP contribution in [0.1, 0.15) is 16.8 Å². The summed E-state index contributed by atoms with van der Waals surface area (Å²) in [6.45, 7) is 0. The Balaban J connectivity index is 1.29. The van der Waals surface area contributed by atoms with Crippen molar-refractivity contribution in [1.29, 1.82) is 0 Å². The highest BCUT2D eigenvalue weighted by Crippen LogP contribution is 2.65. The van der Waals surface area contributed by atoms with Crippen LogP contribution in [0.5, 0.6) is 0 Å². The number of imide groups is 1. The molecule has 150 valence electrons. The normalized spacial score (nSPS) is 32.8. The second-order valence-electron chi connectivity index (χ2n) is 8.68. The maximum Gasteiger partial charge on any atom is 0.255 e. The Labute approximate surface area is 178 Å². The summed E-state index contributed by atoms with van der Waals surface area (Å²) in [6, 6.07) is 13.6. The highest BCUT2D eigenvalue weighted by Gasteiger charge is 2.67. The van der Waals surface area contributed by atoms with Gasteiger partial charge in [0.05, 0.1) is 17.5 Å². The van der Waals surface area contributed by atoms with E-state index in [0.29, 0.717) is 33.8 Å². The van der Waals surface area contributed by atoms with Crippen LogP contribution < -0.4 is 10.2 Å². The Bertz CT molecular complexity index is 1110. The van der Waals surface area contributed by atoms with Crippen molar-refractivity contribution in [2.24, 2.45) is 35.5 Å². The third-order valence-electron chi connectivity index (χ3n) is 7.11. The van der Waals surface area contributed by atoms with Gasteiger partial charge < -0.3 is 5.32 Å². The predicted molar refractivity (Wildman–Crippen MR) is 113 cm³/mol. The highest BCUT2D eigenvalue weighted by molar-refractivity contribution is 6.31. The molecular formula is C24H19ClN2O3. The van der Waals surface area contributed by atoms with Gasteiger partial charge in [-0.2, -0.15) is 0 Å². The van der Waals surface area contributed by atoms with E-state index in [4.69, 9.17) is 11.6 Å². The Hall–Kier alpha value is -2.92. The van der Waals surface area contributed by atoms with Gasteiger partial charge in [-0.05, 0) is 66.5 Å². The molecule has 4 aliphatic carbocycles. The van der Waals surface area contributed by atoms with Crippen LogP contribution in [0, 0.1) is 35.5 Å². The molecule has 30 heavy (non-hydrogen) atoms. The smallest absolute Gasteiger partial charge is 0.255 e. The van der Waals surface area contributed by atoms with Crippen LogP contribution in [0.3, 0.4) is 0 Å². The van der Waals surface area contributed by atoms with Gasteiger partial charge >= 0.3 is 0 Å². The standard InChI is InChI=1S/C24H19ClN2O3/c25-13-4-2-5-14(10-13)26-22(28)12-3-1-6-15(9-12)27-23(29)20-16-7-8-17(19-11-18(16)19)21(20)24(27)30/h1-10,16-21H,11H2,(H,26,28). The largest absolute Gasteiger partial charge is 0.322 e. The number of hydrogen-bond acceptors (Lipinski definition) is 3. The third kappa shape index (κ3) is 2.51. The SMILES string of the molecule is O=C(Nc1cccc(Cl)c1)c1cccc(N2C(=O)C3C4C=CC(C5CC45)C3C2=O)c1. The number of allylic oxidation sites excluding steroid dienone is 2. The number of rotatable bonds is 3. The third-order valence-corrected chi connectivity index (χ3v) is 7.35. The predicted octanol–water partition coefficient (Wildman–Crippen LogP) is 4.15.